The molecule has 1 N–H and O–H groups in total. The topological polar surface area (TPSA) is 18.5 Å². The molecule has 1 aliphatic rings. The van der Waals surface area contributed by atoms with Crippen LogP contribution < -0.4 is 5.32 Å². The van der Waals surface area contributed by atoms with Gasteiger partial charge in [0.1, 0.15) is 0 Å². The standard InChI is InChI=1S/C14H31N3/c1-4-17(5-2)13-10-15-9-6-14-7-11-16(3)12-8-14/h14-15H,4-13H2,1-3H3. The predicted molar refractivity (Wildman–Crippen MR) is 75.5 cm³/mol. The van der Waals surface area contributed by atoms with Crippen molar-refractivity contribution in [3.8, 4) is 0 Å². The minimum atomic E-state index is 0.965. The van der Waals surface area contributed by atoms with E-state index in [4.69, 9.17) is 0 Å². The smallest absolute Gasteiger partial charge is 0.0107 e. The molecule has 0 aromatic heterocycles. The molecule has 1 heterocycles. The summed E-state index contributed by atoms with van der Waals surface area (Å²) >= 11 is 0. The summed E-state index contributed by atoms with van der Waals surface area (Å²) in [6.45, 7) is 13.0. The van der Waals surface area contributed by atoms with Crippen molar-refractivity contribution in [2.45, 2.75) is 33.1 Å². The molecule has 1 rings (SSSR count). The van der Waals surface area contributed by atoms with Crippen LogP contribution in [0.25, 0.3) is 0 Å². The van der Waals surface area contributed by atoms with Crippen LogP contribution in [0.4, 0.5) is 0 Å². The molecule has 0 amide bonds. The van der Waals surface area contributed by atoms with Crippen LogP contribution in [-0.2, 0) is 0 Å². The first-order valence-corrected chi connectivity index (χ1v) is 7.37. The first kappa shape index (κ1) is 14.9. The molecule has 1 saturated heterocycles. The first-order chi connectivity index (χ1) is 8.26. The number of likely N-dealkylation sites (N-methyl/N-ethyl adjacent to an activating group) is 1. The summed E-state index contributed by atoms with van der Waals surface area (Å²) in [5.41, 5.74) is 0. The van der Waals surface area contributed by atoms with E-state index < -0.39 is 0 Å². The van der Waals surface area contributed by atoms with Crippen molar-refractivity contribution in [2.75, 3.05) is 52.9 Å². The van der Waals surface area contributed by atoms with Crippen LogP contribution >= 0.6 is 0 Å². The molecule has 3 nitrogen and oxygen atoms in total. The Balaban J connectivity index is 1.93. The lowest BCUT2D eigenvalue weighted by Crippen LogP contribution is -2.34. The van der Waals surface area contributed by atoms with Crippen molar-refractivity contribution in [1.29, 1.82) is 0 Å². The first-order valence-electron chi connectivity index (χ1n) is 7.37. The second kappa shape index (κ2) is 8.90. The van der Waals surface area contributed by atoms with Gasteiger partial charge in [-0.05, 0) is 65.0 Å². The predicted octanol–water partition coefficient (Wildman–Crippen LogP) is 1.65. The van der Waals surface area contributed by atoms with Crippen molar-refractivity contribution >= 4 is 0 Å². The van der Waals surface area contributed by atoms with Gasteiger partial charge in [0.15, 0.2) is 0 Å². The second-order valence-corrected chi connectivity index (χ2v) is 5.31. The van der Waals surface area contributed by atoms with E-state index in [0.717, 1.165) is 12.5 Å². The van der Waals surface area contributed by atoms with Crippen molar-refractivity contribution in [1.82, 2.24) is 15.1 Å². The Bertz CT molecular complexity index is 172. The fourth-order valence-electron chi connectivity index (χ4n) is 2.56. The van der Waals surface area contributed by atoms with Crippen molar-refractivity contribution in [3.05, 3.63) is 0 Å². The van der Waals surface area contributed by atoms with E-state index in [-0.39, 0.29) is 0 Å². The van der Waals surface area contributed by atoms with Crippen LogP contribution in [0.1, 0.15) is 33.1 Å². The molecule has 0 aliphatic carbocycles. The molecule has 0 aromatic rings. The number of piperidine rings is 1. The van der Waals surface area contributed by atoms with Crippen LogP contribution in [0.3, 0.4) is 0 Å². The molecule has 102 valence electrons. The van der Waals surface area contributed by atoms with E-state index in [1.807, 2.05) is 0 Å². The highest BCUT2D eigenvalue weighted by atomic mass is 15.1. The molecule has 0 saturated carbocycles. The summed E-state index contributed by atoms with van der Waals surface area (Å²) in [5, 5.41) is 3.59. The highest BCUT2D eigenvalue weighted by Gasteiger charge is 2.15. The SMILES string of the molecule is CCN(CC)CCNCCC1CCN(C)CC1. The van der Waals surface area contributed by atoms with E-state index in [9.17, 15) is 0 Å². The molecular formula is C14H31N3. The Morgan fingerprint density at radius 3 is 2.35 bits per heavy atom. The average molecular weight is 241 g/mol. The van der Waals surface area contributed by atoms with Crippen LogP contribution in [0.15, 0.2) is 0 Å². The van der Waals surface area contributed by atoms with Crippen molar-refractivity contribution in [2.24, 2.45) is 5.92 Å². The van der Waals surface area contributed by atoms with Gasteiger partial charge in [0.2, 0.25) is 0 Å². The lowest BCUT2D eigenvalue weighted by atomic mass is 9.94. The Hall–Kier alpha value is -0.120. The van der Waals surface area contributed by atoms with Crippen LogP contribution in [0.2, 0.25) is 0 Å². The van der Waals surface area contributed by atoms with Gasteiger partial charge < -0.3 is 15.1 Å². The third kappa shape index (κ3) is 6.39. The zero-order valence-corrected chi connectivity index (χ0v) is 12.0. The molecular weight excluding hydrogens is 210 g/mol. The Labute approximate surface area is 108 Å². The number of hydrogen-bond donors (Lipinski definition) is 1. The molecule has 1 fully saturated rings. The minimum Gasteiger partial charge on any atom is -0.315 e. The zero-order valence-electron chi connectivity index (χ0n) is 12.0. The largest absolute Gasteiger partial charge is 0.315 e. The zero-order chi connectivity index (χ0) is 12.5. The molecule has 0 spiro atoms. The maximum absolute atomic E-state index is 3.59. The van der Waals surface area contributed by atoms with Gasteiger partial charge >= 0.3 is 0 Å². The fraction of sp³-hybridized carbons (Fsp3) is 1.00. The Morgan fingerprint density at radius 2 is 1.76 bits per heavy atom. The third-order valence-corrected chi connectivity index (χ3v) is 4.07. The van der Waals surface area contributed by atoms with Gasteiger partial charge in [-0.25, -0.2) is 0 Å². The number of hydrogen-bond acceptors (Lipinski definition) is 3. The summed E-state index contributed by atoms with van der Waals surface area (Å²) < 4.78 is 0. The monoisotopic (exact) mass is 241 g/mol. The van der Waals surface area contributed by atoms with Gasteiger partial charge in [0, 0.05) is 13.1 Å². The summed E-state index contributed by atoms with van der Waals surface area (Å²) in [6, 6.07) is 0. The van der Waals surface area contributed by atoms with Gasteiger partial charge in [0.25, 0.3) is 0 Å². The van der Waals surface area contributed by atoms with E-state index in [1.54, 1.807) is 0 Å². The van der Waals surface area contributed by atoms with E-state index in [2.05, 4.69) is 36.0 Å². The van der Waals surface area contributed by atoms with Crippen LogP contribution in [0, 0.1) is 5.92 Å². The lowest BCUT2D eigenvalue weighted by Gasteiger charge is -2.29. The highest BCUT2D eigenvalue weighted by molar-refractivity contribution is 4.70. The quantitative estimate of drug-likeness (QED) is 0.652. The van der Waals surface area contributed by atoms with Gasteiger partial charge in [-0.3, -0.25) is 0 Å². The summed E-state index contributed by atoms with van der Waals surface area (Å²) in [4.78, 5) is 4.92. The van der Waals surface area contributed by atoms with E-state index in [0.29, 0.717) is 0 Å². The maximum Gasteiger partial charge on any atom is 0.0107 e. The fourth-order valence-corrected chi connectivity index (χ4v) is 2.56. The van der Waals surface area contributed by atoms with Crippen LogP contribution in [0.5, 0.6) is 0 Å². The third-order valence-electron chi connectivity index (χ3n) is 4.07. The minimum absolute atomic E-state index is 0.965. The van der Waals surface area contributed by atoms with Crippen molar-refractivity contribution < 1.29 is 0 Å². The summed E-state index contributed by atoms with van der Waals surface area (Å²) in [6.07, 6.45) is 4.16. The molecule has 0 bridgehead atoms. The van der Waals surface area contributed by atoms with Gasteiger partial charge in [-0.15, -0.1) is 0 Å². The maximum atomic E-state index is 3.59. The number of nitrogens with zero attached hydrogens (tertiary/aromatic N) is 2. The molecule has 0 aromatic carbocycles. The normalized spacial score (nSPS) is 19.1. The number of rotatable bonds is 8. The highest BCUT2D eigenvalue weighted by Crippen LogP contribution is 2.18. The molecule has 1 aliphatic heterocycles. The number of likely N-dealkylation sites (tertiary alicyclic amines) is 1. The lowest BCUT2D eigenvalue weighted by molar-refractivity contribution is 0.211. The van der Waals surface area contributed by atoms with E-state index >= 15 is 0 Å². The summed E-state index contributed by atoms with van der Waals surface area (Å²) in [7, 11) is 2.23. The molecule has 0 atom stereocenters. The molecule has 17 heavy (non-hydrogen) atoms. The Kier molecular flexibility index (Phi) is 7.82. The van der Waals surface area contributed by atoms with Gasteiger partial charge in [-0.2, -0.15) is 0 Å². The van der Waals surface area contributed by atoms with Gasteiger partial charge in [-0.1, -0.05) is 13.8 Å². The molecule has 3 heteroatoms. The average Bonchev–Trinajstić information content (AvgIpc) is 2.36. The number of nitrogens with one attached hydrogen (secondary N) is 1. The van der Waals surface area contributed by atoms with Gasteiger partial charge in [0.05, 0.1) is 0 Å². The van der Waals surface area contributed by atoms with E-state index in [1.165, 1.54) is 58.5 Å². The Morgan fingerprint density at radius 1 is 1.12 bits per heavy atom. The molecule has 0 radical (unpaired) electrons. The van der Waals surface area contributed by atoms with Crippen molar-refractivity contribution in [3.63, 3.8) is 0 Å². The van der Waals surface area contributed by atoms with Crippen LogP contribution in [-0.4, -0.2) is 62.7 Å². The molecule has 0 unspecified atom stereocenters. The second-order valence-electron chi connectivity index (χ2n) is 5.31. The summed E-state index contributed by atoms with van der Waals surface area (Å²) in [5.74, 6) is 0.965.